The summed E-state index contributed by atoms with van der Waals surface area (Å²) < 4.78 is 5.83. The van der Waals surface area contributed by atoms with Crippen LogP contribution in [0.2, 0.25) is 0 Å². The van der Waals surface area contributed by atoms with Crippen LogP contribution in [-0.2, 0) is 19.7 Å². The largest absolute Gasteiger partial charge is 1.00 e. The van der Waals surface area contributed by atoms with E-state index in [0.29, 0.717) is 6.61 Å². The number of rotatable bonds is 7. The summed E-state index contributed by atoms with van der Waals surface area (Å²) in [5.74, 6) is 0.895. The highest BCUT2D eigenvalue weighted by Gasteiger charge is 1.98. The van der Waals surface area contributed by atoms with Crippen LogP contribution in [0.3, 0.4) is 0 Å². The minimum atomic E-state index is 0. The molecule has 0 saturated carbocycles. The highest BCUT2D eigenvalue weighted by Crippen LogP contribution is 2.14. The first kappa shape index (κ1) is 22.0. The smallest absolute Gasteiger partial charge is 0.119 e. The Morgan fingerprint density at radius 1 is 0.808 bits per heavy atom. The fourth-order valence-electron chi connectivity index (χ4n) is 2.41. The third-order valence-electron chi connectivity index (χ3n) is 3.83. The topological polar surface area (TPSA) is 34.1 Å². The van der Waals surface area contributed by atoms with E-state index in [2.05, 4.69) is 59.7 Å². The van der Waals surface area contributed by atoms with Gasteiger partial charge < -0.3 is 34.9 Å². The molecule has 0 saturated heterocycles. The lowest BCUT2D eigenvalue weighted by molar-refractivity contribution is -0.001000. The normalized spacial score (nSPS) is 9.73. The monoisotopic (exact) mass is 388 g/mol. The molecule has 3 aromatic rings. The summed E-state index contributed by atoms with van der Waals surface area (Å²) in [6, 6.07) is 20.7. The molecule has 0 amide bonds. The average Bonchev–Trinajstić information content (AvgIpc) is 2.63. The predicted octanol–water partition coefficient (Wildman–Crippen LogP) is -1.73. The van der Waals surface area contributed by atoms with Crippen LogP contribution in [0.5, 0.6) is 5.75 Å². The lowest BCUT2D eigenvalue weighted by Gasteiger charge is -2.08. The molecule has 138 valence electrons. The number of ether oxygens (including phenoxy) is 1. The van der Waals surface area contributed by atoms with Crippen molar-refractivity contribution in [3.05, 3.63) is 95.3 Å². The zero-order chi connectivity index (χ0) is 16.6. The van der Waals surface area contributed by atoms with Crippen molar-refractivity contribution in [3.63, 3.8) is 0 Å². The maximum atomic E-state index is 5.83. The van der Waals surface area contributed by atoms with E-state index in [1.807, 2.05) is 24.4 Å². The first-order chi connectivity index (χ1) is 11.8. The third kappa shape index (κ3) is 7.04. The second-order valence-corrected chi connectivity index (χ2v) is 5.88. The van der Waals surface area contributed by atoms with E-state index < -0.39 is 0 Å². The molecule has 0 unspecified atom stereocenters. The number of aromatic nitrogens is 1. The molecule has 0 radical (unpaired) electrons. The molecular weight excluding hydrogens is 367 g/mol. The Kier molecular flexibility index (Phi) is 9.74. The maximum Gasteiger partial charge on any atom is 0.119 e. The Hall–Kier alpha value is -2.07. The predicted molar refractivity (Wildman–Crippen MR) is 96.7 cm³/mol. The van der Waals surface area contributed by atoms with Gasteiger partial charge in [-0.3, -0.25) is 4.98 Å². The van der Waals surface area contributed by atoms with Crippen molar-refractivity contribution in [3.8, 4) is 5.75 Å². The highest BCUT2D eigenvalue weighted by molar-refractivity contribution is 5.28. The number of benzene rings is 2. The molecule has 0 bridgehead atoms. The summed E-state index contributed by atoms with van der Waals surface area (Å²) in [4.78, 5) is 4.12. The lowest BCUT2D eigenvalue weighted by Crippen LogP contribution is -3.00. The van der Waals surface area contributed by atoms with Crippen LogP contribution < -0.4 is 34.9 Å². The van der Waals surface area contributed by atoms with Gasteiger partial charge in [0.05, 0.1) is 0 Å². The molecule has 1 aromatic heterocycles. The molecule has 3 nitrogen and oxygen atoms in total. The molecule has 0 atom stereocenters. The van der Waals surface area contributed by atoms with E-state index in [1.165, 1.54) is 22.3 Å². The molecule has 2 aromatic carbocycles. The number of nitrogens with one attached hydrogen (secondary N) is 1. The van der Waals surface area contributed by atoms with Crippen molar-refractivity contribution < 1.29 is 29.6 Å². The quantitative estimate of drug-likeness (QED) is 0.522. The van der Waals surface area contributed by atoms with Crippen molar-refractivity contribution in [1.82, 2.24) is 10.3 Å². The fourth-order valence-corrected chi connectivity index (χ4v) is 2.41. The number of halogens is 2. The molecule has 0 fully saturated rings. The highest BCUT2D eigenvalue weighted by atomic mass is 35.5. The van der Waals surface area contributed by atoms with Gasteiger partial charge in [0.25, 0.3) is 0 Å². The number of hydrogen-bond acceptors (Lipinski definition) is 3. The summed E-state index contributed by atoms with van der Waals surface area (Å²) >= 11 is 0. The average molecular weight is 389 g/mol. The van der Waals surface area contributed by atoms with E-state index >= 15 is 0 Å². The zero-order valence-corrected chi connectivity index (χ0v) is 16.2. The summed E-state index contributed by atoms with van der Waals surface area (Å²) in [5.41, 5.74) is 4.88. The summed E-state index contributed by atoms with van der Waals surface area (Å²) in [6.45, 7) is 4.33. The van der Waals surface area contributed by atoms with E-state index in [1.54, 1.807) is 6.20 Å². The van der Waals surface area contributed by atoms with E-state index in [-0.39, 0.29) is 24.8 Å². The summed E-state index contributed by atoms with van der Waals surface area (Å²) in [7, 11) is 0. The van der Waals surface area contributed by atoms with Gasteiger partial charge in [0.2, 0.25) is 0 Å². The van der Waals surface area contributed by atoms with Crippen LogP contribution in [-0.4, -0.2) is 4.98 Å². The van der Waals surface area contributed by atoms with E-state index in [0.717, 1.165) is 18.8 Å². The Bertz CT molecular complexity index is 747. The second kappa shape index (κ2) is 11.5. The van der Waals surface area contributed by atoms with Gasteiger partial charge in [0, 0.05) is 25.5 Å². The van der Waals surface area contributed by atoms with Gasteiger partial charge in [-0.15, -0.1) is 0 Å². The minimum Gasteiger partial charge on any atom is -1.00 e. The lowest BCUT2D eigenvalue weighted by atomic mass is 10.2. The summed E-state index contributed by atoms with van der Waals surface area (Å²) in [5, 5.41) is 3.42. The molecule has 0 aliphatic heterocycles. The Labute approximate surface area is 167 Å². The van der Waals surface area contributed by atoms with E-state index in [9.17, 15) is 0 Å². The third-order valence-corrected chi connectivity index (χ3v) is 3.83. The SMILES string of the molecule is Cc1ccc(COc2ccc(CNCc3cccnc3)cc2)cc1.[Cl-].[Cl-]. The van der Waals surface area contributed by atoms with Gasteiger partial charge in [-0.1, -0.05) is 48.0 Å². The van der Waals surface area contributed by atoms with Crippen LogP contribution in [0.1, 0.15) is 22.3 Å². The van der Waals surface area contributed by atoms with Gasteiger partial charge in [0.15, 0.2) is 0 Å². The van der Waals surface area contributed by atoms with Crippen molar-refractivity contribution in [2.45, 2.75) is 26.6 Å². The van der Waals surface area contributed by atoms with Crippen molar-refractivity contribution in [2.24, 2.45) is 0 Å². The molecular formula is C21H22Cl2N2O-2. The minimum absolute atomic E-state index is 0. The first-order valence-electron chi connectivity index (χ1n) is 8.16. The van der Waals surface area contributed by atoms with Gasteiger partial charge in [0.1, 0.15) is 12.4 Å². The van der Waals surface area contributed by atoms with E-state index in [4.69, 9.17) is 4.74 Å². The molecule has 1 N–H and O–H groups in total. The molecule has 26 heavy (non-hydrogen) atoms. The molecule has 0 spiro atoms. The van der Waals surface area contributed by atoms with Crippen molar-refractivity contribution in [1.29, 1.82) is 0 Å². The molecule has 0 aliphatic carbocycles. The Balaban J connectivity index is 0.00000169. The number of aryl methyl sites for hydroxylation is 1. The molecule has 3 rings (SSSR count). The van der Waals surface area contributed by atoms with Gasteiger partial charge >= 0.3 is 0 Å². The van der Waals surface area contributed by atoms with Crippen LogP contribution in [0, 0.1) is 6.92 Å². The van der Waals surface area contributed by atoms with Crippen LogP contribution in [0.15, 0.2) is 73.1 Å². The number of nitrogens with zero attached hydrogens (tertiary/aromatic N) is 1. The van der Waals surface area contributed by atoms with Crippen LogP contribution in [0.25, 0.3) is 0 Å². The van der Waals surface area contributed by atoms with Gasteiger partial charge in [-0.05, 0) is 41.8 Å². The molecule has 0 aliphatic rings. The van der Waals surface area contributed by atoms with Gasteiger partial charge in [-0.2, -0.15) is 0 Å². The zero-order valence-electron chi connectivity index (χ0n) is 14.7. The number of pyridine rings is 1. The Morgan fingerprint density at radius 3 is 2.12 bits per heavy atom. The second-order valence-electron chi connectivity index (χ2n) is 5.88. The van der Waals surface area contributed by atoms with Gasteiger partial charge in [-0.25, -0.2) is 0 Å². The van der Waals surface area contributed by atoms with Crippen molar-refractivity contribution in [2.75, 3.05) is 0 Å². The Morgan fingerprint density at radius 2 is 1.46 bits per heavy atom. The standard InChI is InChI=1S/C21H22N2O.2ClH/c1-17-4-6-19(7-5-17)16-24-21-10-8-18(9-11-21)13-23-15-20-3-2-12-22-14-20;;/h2-12,14,23H,13,15-16H2,1H3;2*1H/p-2. The maximum absolute atomic E-state index is 5.83. The number of hydrogen-bond donors (Lipinski definition) is 1. The summed E-state index contributed by atoms with van der Waals surface area (Å²) in [6.07, 6.45) is 3.67. The first-order valence-corrected chi connectivity index (χ1v) is 8.16. The molecule has 1 heterocycles. The van der Waals surface area contributed by atoms with Crippen molar-refractivity contribution >= 4 is 0 Å². The fraction of sp³-hybridized carbons (Fsp3) is 0.190. The van der Waals surface area contributed by atoms with Crippen LogP contribution >= 0.6 is 0 Å². The molecule has 5 heteroatoms. The van der Waals surface area contributed by atoms with Crippen LogP contribution in [0.4, 0.5) is 0 Å².